The van der Waals surface area contributed by atoms with Crippen molar-refractivity contribution in [2.24, 2.45) is 0 Å². The molecule has 0 unspecified atom stereocenters. The van der Waals surface area contributed by atoms with Gasteiger partial charge < -0.3 is 14.7 Å². The van der Waals surface area contributed by atoms with Crippen molar-refractivity contribution in [1.29, 1.82) is 0 Å². The lowest BCUT2D eigenvalue weighted by Crippen LogP contribution is -2.54. The fourth-order valence-electron chi connectivity index (χ4n) is 6.18. The number of amides is 2. The molecule has 0 saturated carbocycles. The van der Waals surface area contributed by atoms with E-state index in [-0.39, 0.29) is 23.8 Å². The fourth-order valence-corrected chi connectivity index (χ4v) is 6.18. The second-order valence-electron chi connectivity index (χ2n) is 9.99. The highest BCUT2D eigenvalue weighted by molar-refractivity contribution is 6.01. The molecule has 0 N–H and O–H groups in total. The molecule has 6 rings (SSSR count). The third-order valence-corrected chi connectivity index (χ3v) is 8.21. The molecule has 3 aromatic carbocycles. The maximum atomic E-state index is 14.2. The van der Waals surface area contributed by atoms with Crippen LogP contribution in [0, 0.1) is 13.8 Å². The number of fused-ring (bicyclic) bond motifs is 4. The van der Waals surface area contributed by atoms with E-state index in [1.54, 1.807) is 0 Å². The van der Waals surface area contributed by atoms with E-state index >= 15 is 0 Å². The number of nitrogens with zero attached hydrogens (tertiary/aromatic N) is 3. The first-order chi connectivity index (χ1) is 17.0. The lowest BCUT2D eigenvalue weighted by atomic mass is 9.75. The van der Waals surface area contributed by atoms with Crippen LogP contribution in [0.3, 0.4) is 0 Å². The summed E-state index contributed by atoms with van der Waals surface area (Å²) in [6, 6.07) is 22.2. The Morgan fingerprint density at radius 1 is 0.800 bits per heavy atom. The van der Waals surface area contributed by atoms with Gasteiger partial charge in [-0.1, -0.05) is 54.6 Å². The Balaban J connectivity index is 1.33. The summed E-state index contributed by atoms with van der Waals surface area (Å²) < 4.78 is 0. The zero-order valence-electron chi connectivity index (χ0n) is 20.4. The Hall–Kier alpha value is -3.60. The second-order valence-corrected chi connectivity index (χ2v) is 9.99. The molecular formula is C30H31N3O2. The first-order valence-corrected chi connectivity index (χ1v) is 12.6. The number of piperazine rings is 1. The van der Waals surface area contributed by atoms with Crippen molar-refractivity contribution in [2.75, 3.05) is 37.6 Å². The van der Waals surface area contributed by atoms with E-state index in [2.05, 4.69) is 55.1 Å². The molecule has 3 heterocycles. The number of hydrogen-bond acceptors (Lipinski definition) is 3. The zero-order chi connectivity index (χ0) is 24.1. The molecule has 0 aromatic heterocycles. The number of benzene rings is 3. The number of carbonyl (C=O) groups is 2. The van der Waals surface area contributed by atoms with Gasteiger partial charge in [0.15, 0.2) is 0 Å². The third-order valence-electron chi connectivity index (χ3n) is 8.21. The first-order valence-electron chi connectivity index (χ1n) is 12.6. The quantitative estimate of drug-likeness (QED) is 0.560. The summed E-state index contributed by atoms with van der Waals surface area (Å²) in [6.07, 6.45) is 0.829. The average molecular weight is 466 g/mol. The second kappa shape index (κ2) is 8.56. The van der Waals surface area contributed by atoms with E-state index in [9.17, 15) is 9.59 Å². The average Bonchev–Trinajstić information content (AvgIpc) is 2.90. The molecule has 1 fully saturated rings. The lowest BCUT2D eigenvalue weighted by Gasteiger charge is -2.47. The molecule has 5 heteroatoms. The number of aryl methyl sites for hydroxylation is 1. The summed E-state index contributed by atoms with van der Waals surface area (Å²) in [4.78, 5) is 34.0. The van der Waals surface area contributed by atoms with E-state index in [1.807, 2.05) is 40.1 Å². The van der Waals surface area contributed by atoms with Crippen molar-refractivity contribution in [1.82, 2.24) is 9.80 Å². The van der Waals surface area contributed by atoms with Gasteiger partial charge >= 0.3 is 0 Å². The molecule has 178 valence electrons. The van der Waals surface area contributed by atoms with Gasteiger partial charge in [-0.25, -0.2) is 0 Å². The van der Waals surface area contributed by atoms with Crippen molar-refractivity contribution >= 4 is 17.5 Å². The summed E-state index contributed by atoms with van der Waals surface area (Å²) in [5.41, 5.74) is 7.78. The highest BCUT2D eigenvalue weighted by Crippen LogP contribution is 2.46. The Bertz CT molecular complexity index is 1310. The zero-order valence-corrected chi connectivity index (χ0v) is 20.4. The molecule has 0 aliphatic carbocycles. The Kier molecular flexibility index (Phi) is 5.36. The van der Waals surface area contributed by atoms with Crippen LogP contribution in [0.25, 0.3) is 0 Å². The molecule has 2 atom stereocenters. The van der Waals surface area contributed by atoms with Crippen LogP contribution in [0.2, 0.25) is 0 Å². The van der Waals surface area contributed by atoms with Crippen LogP contribution in [0.1, 0.15) is 50.1 Å². The monoisotopic (exact) mass is 465 g/mol. The minimum Gasteiger partial charge on any atom is -0.368 e. The summed E-state index contributed by atoms with van der Waals surface area (Å²) in [5.74, 6) is -0.196. The van der Waals surface area contributed by atoms with Crippen LogP contribution in [-0.2, 0) is 11.2 Å². The largest absolute Gasteiger partial charge is 0.368 e. The molecule has 1 saturated heterocycles. The number of rotatable bonds is 2. The van der Waals surface area contributed by atoms with Crippen LogP contribution < -0.4 is 4.90 Å². The third kappa shape index (κ3) is 3.53. The van der Waals surface area contributed by atoms with E-state index in [4.69, 9.17) is 0 Å². The molecule has 3 aromatic rings. The van der Waals surface area contributed by atoms with Gasteiger partial charge in [-0.3, -0.25) is 9.59 Å². The van der Waals surface area contributed by atoms with E-state index in [1.165, 1.54) is 22.4 Å². The summed E-state index contributed by atoms with van der Waals surface area (Å²) in [5, 5.41) is 0. The summed E-state index contributed by atoms with van der Waals surface area (Å²) >= 11 is 0. The van der Waals surface area contributed by atoms with Gasteiger partial charge in [0.1, 0.15) is 0 Å². The molecule has 35 heavy (non-hydrogen) atoms. The smallest absolute Gasteiger partial charge is 0.254 e. The van der Waals surface area contributed by atoms with Crippen LogP contribution in [0.15, 0.2) is 66.7 Å². The molecule has 0 bridgehead atoms. The number of anilines is 1. The van der Waals surface area contributed by atoms with Crippen molar-refractivity contribution in [2.45, 2.75) is 32.2 Å². The fraction of sp³-hybridized carbons (Fsp3) is 0.333. The molecule has 3 aliphatic heterocycles. The molecule has 5 nitrogen and oxygen atoms in total. The Morgan fingerprint density at radius 2 is 1.51 bits per heavy atom. The minimum absolute atomic E-state index is 0.0453. The molecule has 0 spiro atoms. The molecular weight excluding hydrogens is 434 g/mol. The molecule has 3 aliphatic rings. The number of hydrogen-bond donors (Lipinski definition) is 0. The maximum absolute atomic E-state index is 14.2. The van der Waals surface area contributed by atoms with E-state index in [0.29, 0.717) is 25.2 Å². The Labute approximate surface area is 207 Å². The van der Waals surface area contributed by atoms with Crippen LogP contribution >= 0.6 is 0 Å². The van der Waals surface area contributed by atoms with Crippen molar-refractivity contribution in [3.8, 4) is 0 Å². The highest BCUT2D eigenvalue weighted by atomic mass is 16.2. The molecule has 0 radical (unpaired) electrons. The van der Waals surface area contributed by atoms with E-state index < -0.39 is 0 Å². The van der Waals surface area contributed by atoms with Gasteiger partial charge in [0, 0.05) is 44.0 Å². The predicted molar refractivity (Wildman–Crippen MR) is 138 cm³/mol. The van der Waals surface area contributed by atoms with Gasteiger partial charge in [0.25, 0.3) is 5.91 Å². The molecule has 2 amide bonds. The maximum Gasteiger partial charge on any atom is 0.254 e. The number of carbonyl (C=O) groups excluding carboxylic acids is 2. The summed E-state index contributed by atoms with van der Waals surface area (Å²) in [6.45, 7) is 7.98. The van der Waals surface area contributed by atoms with Crippen LogP contribution in [0.4, 0.5) is 5.69 Å². The highest BCUT2D eigenvalue weighted by Gasteiger charge is 2.47. The minimum atomic E-state index is -0.377. The SMILES string of the molecule is Cc1cccc(N2CCN(C(=O)[C@@H]3c4ccccc4C(=O)N4CCc5ccccc5[C@@H]34)CC2)c1C. The first kappa shape index (κ1) is 21.9. The van der Waals surface area contributed by atoms with Gasteiger partial charge in [-0.2, -0.15) is 0 Å². The van der Waals surface area contributed by atoms with Gasteiger partial charge in [-0.15, -0.1) is 0 Å². The van der Waals surface area contributed by atoms with Crippen LogP contribution in [0.5, 0.6) is 0 Å². The topological polar surface area (TPSA) is 43.9 Å². The summed E-state index contributed by atoms with van der Waals surface area (Å²) in [7, 11) is 0. The van der Waals surface area contributed by atoms with Gasteiger partial charge in [0.05, 0.1) is 12.0 Å². The van der Waals surface area contributed by atoms with Gasteiger partial charge in [0.2, 0.25) is 5.91 Å². The van der Waals surface area contributed by atoms with Crippen molar-refractivity contribution in [3.63, 3.8) is 0 Å². The van der Waals surface area contributed by atoms with Gasteiger partial charge in [-0.05, 0) is 60.2 Å². The van der Waals surface area contributed by atoms with Crippen molar-refractivity contribution < 1.29 is 9.59 Å². The standard InChI is InChI=1S/C30H31N3O2/c1-20-8-7-13-26(21(20)2)31-16-18-32(19-17-31)30(35)27-24-11-5-6-12-25(24)29(34)33-15-14-22-9-3-4-10-23(22)28(27)33/h3-13,27-28H,14-19H2,1-2H3/t27-,28+/m1/s1. The lowest BCUT2D eigenvalue weighted by molar-refractivity contribution is -0.135. The Morgan fingerprint density at radius 3 is 2.31 bits per heavy atom. The normalized spacial score (nSPS) is 21.3. The van der Waals surface area contributed by atoms with E-state index in [0.717, 1.165) is 30.6 Å². The van der Waals surface area contributed by atoms with Crippen LogP contribution in [-0.4, -0.2) is 54.3 Å². The van der Waals surface area contributed by atoms with Crippen molar-refractivity contribution in [3.05, 3.63) is 100 Å². The predicted octanol–water partition coefficient (Wildman–Crippen LogP) is 4.49.